The van der Waals surface area contributed by atoms with Crippen molar-refractivity contribution in [2.75, 3.05) is 33.9 Å². The quantitative estimate of drug-likeness (QED) is 0.899. The molecule has 2 fully saturated rings. The fourth-order valence-electron chi connectivity index (χ4n) is 4.28. The molecule has 1 aliphatic heterocycles. The maximum atomic E-state index is 12.2. The number of ether oxygens (including phenoxy) is 1. The van der Waals surface area contributed by atoms with Crippen molar-refractivity contribution in [1.82, 2.24) is 10.2 Å². The number of nitrogens with zero attached hydrogens (tertiary/aromatic N) is 1. The molecule has 1 aromatic rings. The molecule has 0 aromatic carbocycles. The molecule has 0 radical (unpaired) electrons. The van der Waals surface area contributed by atoms with E-state index in [0.29, 0.717) is 18.4 Å². The van der Waals surface area contributed by atoms with Gasteiger partial charge in [-0.2, -0.15) is 0 Å². The van der Waals surface area contributed by atoms with E-state index in [2.05, 4.69) is 34.8 Å². The lowest BCUT2D eigenvalue weighted by Gasteiger charge is -2.44. The van der Waals surface area contributed by atoms with E-state index in [9.17, 15) is 4.79 Å². The Hall–Kier alpha value is -0.910. The zero-order valence-corrected chi connectivity index (χ0v) is 15.1. The average molecular weight is 337 g/mol. The number of rotatable bonds is 5. The third kappa shape index (κ3) is 3.32. The summed E-state index contributed by atoms with van der Waals surface area (Å²) in [6.45, 7) is 2.40. The van der Waals surface area contributed by atoms with Gasteiger partial charge in [0, 0.05) is 25.1 Å². The molecular formula is C18H28N2O2S. The van der Waals surface area contributed by atoms with Crippen molar-refractivity contribution in [3.05, 3.63) is 22.4 Å². The van der Waals surface area contributed by atoms with Gasteiger partial charge in [-0.3, -0.25) is 4.79 Å². The number of thiophene rings is 1. The summed E-state index contributed by atoms with van der Waals surface area (Å²) in [5, 5.41) is 5.77. The van der Waals surface area contributed by atoms with Crippen LogP contribution in [0.1, 0.15) is 43.4 Å². The summed E-state index contributed by atoms with van der Waals surface area (Å²) in [7, 11) is 3.74. The van der Waals surface area contributed by atoms with Crippen LogP contribution in [0.25, 0.3) is 0 Å². The van der Waals surface area contributed by atoms with Crippen molar-refractivity contribution in [1.29, 1.82) is 0 Å². The van der Waals surface area contributed by atoms with Gasteiger partial charge >= 0.3 is 0 Å². The van der Waals surface area contributed by atoms with E-state index < -0.39 is 0 Å². The second kappa shape index (κ2) is 6.91. The van der Waals surface area contributed by atoms with Crippen LogP contribution >= 0.6 is 11.3 Å². The topological polar surface area (TPSA) is 41.6 Å². The second-order valence-corrected chi connectivity index (χ2v) is 8.07. The Morgan fingerprint density at radius 2 is 2.13 bits per heavy atom. The van der Waals surface area contributed by atoms with Gasteiger partial charge in [0.05, 0.1) is 18.6 Å². The number of likely N-dealkylation sites (tertiary alicyclic amines) is 1. The molecule has 2 heterocycles. The predicted octanol–water partition coefficient (Wildman–Crippen LogP) is 2.99. The van der Waals surface area contributed by atoms with Gasteiger partial charge in [-0.15, -0.1) is 11.3 Å². The van der Waals surface area contributed by atoms with Gasteiger partial charge < -0.3 is 15.0 Å². The molecule has 5 heteroatoms. The largest absolute Gasteiger partial charge is 0.384 e. The molecule has 0 atom stereocenters. The highest BCUT2D eigenvalue weighted by molar-refractivity contribution is 7.10. The van der Waals surface area contributed by atoms with E-state index in [-0.39, 0.29) is 11.4 Å². The summed E-state index contributed by atoms with van der Waals surface area (Å²) in [5.41, 5.74) is 0.493. The van der Waals surface area contributed by atoms with Crippen LogP contribution < -0.4 is 5.32 Å². The van der Waals surface area contributed by atoms with Crippen molar-refractivity contribution in [3.8, 4) is 0 Å². The first kappa shape index (κ1) is 16.9. The summed E-state index contributed by atoms with van der Waals surface area (Å²) >= 11 is 1.86. The van der Waals surface area contributed by atoms with Gasteiger partial charge in [0.1, 0.15) is 0 Å². The minimum absolute atomic E-state index is 0.146. The van der Waals surface area contributed by atoms with Crippen molar-refractivity contribution >= 4 is 17.2 Å². The zero-order valence-electron chi connectivity index (χ0n) is 14.3. The summed E-state index contributed by atoms with van der Waals surface area (Å²) in [6.07, 6.45) is 6.44. The fraction of sp³-hybridized carbons (Fsp3) is 0.722. The number of methoxy groups -OCH3 is 1. The van der Waals surface area contributed by atoms with E-state index >= 15 is 0 Å². The van der Waals surface area contributed by atoms with E-state index in [0.717, 1.165) is 19.5 Å². The van der Waals surface area contributed by atoms with Gasteiger partial charge in [-0.1, -0.05) is 6.07 Å². The predicted molar refractivity (Wildman–Crippen MR) is 93.6 cm³/mol. The van der Waals surface area contributed by atoms with E-state index in [4.69, 9.17) is 4.74 Å². The number of hydrogen-bond acceptors (Lipinski definition) is 4. The van der Waals surface area contributed by atoms with Gasteiger partial charge in [-0.05, 0) is 56.0 Å². The van der Waals surface area contributed by atoms with Crippen LogP contribution in [0.5, 0.6) is 0 Å². The third-order valence-corrected chi connectivity index (χ3v) is 7.02. The Bertz CT molecular complexity index is 521. The van der Waals surface area contributed by atoms with Crippen LogP contribution in [0.4, 0.5) is 0 Å². The molecule has 1 N–H and O–H groups in total. The molecule has 1 saturated carbocycles. The van der Waals surface area contributed by atoms with Gasteiger partial charge in [-0.25, -0.2) is 0 Å². The molecule has 128 valence electrons. The van der Waals surface area contributed by atoms with Crippen LogP contribution in [0.15, 0.2) is 17.5 Å². The molecular weight excluding hydrogens is 308 g/mol. The maximum absolute atomic E-state index is 12.2. The van der Waals surface area contributed by atoms with Crippen molar-refractivity contribution in [2.24, 2.45) is 5.41 Å². The van der Waals surface area contributed by atoms with Gasteiger partial charge in [0.25, 0.3) is 0 Å². The number of carbonyl (C=O) groups is 1. The normalized spacial score (nSPS) is 31.0. The highest BCUT2D eigenvalue weighted by atomic mass is 32.1. The minimum atomic E-state index is 0.146. The van der Waals surface area contributed by atoms with E-state index in [1.54, 1.807) is 7.11 Å². The van der Waals surface area contributed by atoms with Crippen molar-refractivity contribution in [2.45, 2.75) is 44.1 Å². The zero-order chi connectivity index (χ0) is 16.3. The highest BCUT2D eigenvalue weighted by Gasteiger charge is 2.47. The van der Waals surface area contributed by atoms with Gasteiger partial charge in [0.2, 0.25) is 5.91 Å². The molecule has 0 bridgehead atoms. The molecule has 2 aliphatic rings. The van der Waals surface area contributed by atoms with E-state index in [1.807, 2.05) is 11.3 Å². The Kier molecular flexibility index (Phi) is 5.09. The lowest BCUT2D eigenvalue weighted by Crippen LogP contribution is -2.46. The maximum Gasteiger partial charge on any atom is 0.224 e. The van der Waals surface area contributed by atoms with Crippen LogP contribution in [0, 0.1) is 5.41 Å². The number of carbonyl (C=O) groups excluding carboxylic acids is 1. The molecule has 4 nitrogen and oxygen atoms in total. The third-order valence-electron chi connectivity index (χ3n) is 5.95. The van der Waals surface area contributed by atoms with E-state index in [1.165, 1.54) is 30.6 Å². The Labute approximate surface area is 143 Å². The molecule has 1 aromatic heterocycles. The molecule has 1 saturated heterocycles. The summed E-state index contributed by atoms with van der Waals surface area (Å²) < 4.78 is 5.04. The summed E-state index contributed by atoms with van der Waals surface area (Å²) in [5.74, 6) is 0.257. The molecule has 0 unspecified atom stereocenters. The number of amides is 1. The van der Waals surface area contributed by atoms with Crippen molar-refractivity contribution in [3.63, 3.8) is 0 Å². The Morgan fingerprint density at radius 3 is 2.74 bits per heavy atom. The second-order valence-electron chi connectivity index (χ2n) is 7.12. The van der Waals surface area contributed by atoms with Crippen molar-refractivity contribution < 1.29 is 9.53 Å². The first-order valence-corrected chi connectivity index (χ1v) is 9.51. The van der Waals surface area contributed by atoms with Crippen LogP contribution in [0.3, 0.4) is 0 Å². The van der Waals surface area contributed by atoms with Crippen LogP contribution in [-0.4, -0.2) is 44.7 Å². The average Bonchev–Trinajstić information content (AvgIpc) is 3.25. The Balaban J connectivity index is 1.61. The standard InChI is InChI=1S/C18H28N2O2S/c1-19-18(15-4-3-13-23-15)8-6-17(7-9-18)10-11-20(14-17)16(21)5-12-22-2/h3-4,13,19H,5-12,14H2,1-2H3. The van der Waals surface area contributed by atoms with Gasteiger partial charge in [0.15, 0.2) is 0 Å². The minimum Gasteiger partial charge on any atom is -0.384 e. The monoisotopic (exact) mass is 336 g/mol. The lowest BCUT2D eigenvalue weighted by atomic mass is 9.66. The Morgan fingerprint density at radius 1 is 1.35 bits per heavy atom. The highest BCUT2D eigenvalue weighted by Crippen LogP contribution is 2.50. The molecule has 1 amide bonds. The number of nitrogens with one attached hydrogen (secondary N) is 1. The lowest BCUT2D eigenvalue weighted by molar-refractivity contribution is -0.131. The SMILES string of the molecule is CNC1(c2cccs2)CCC2(CCN(C(=O)CCOC)C2)CC1. The van der Waals surface area contributed by atoms with Crippen LogP contribution in [0.2, 0.25) is 0 Å². The summed E-state index contributed by atoms with van der Waals surface area (Å²) in [6, 6.07) is 4.41. The fourth-order valence-corrected chi connectivity index (χ4v) is 5.27. The first-order chi connectivity index (χ1) is 11.1. The molecule has 1 aliphatic carbocycles. The molecule has 1 spiro atoms. The molecule has 23 heavy (non-hydrogen) atoms. The first-order valence-electron chi connectivity index (χ1n) is 8.63. The number of hydrogen-bond donors (Lipinski definition) is 1. The molecule has 3 rings (SSSR count). The smallest absolute Gasteiger partial charge is 0.224 e. The van der Waals surface area contributed by atoms with Crippen LogP contribution in [-0.2, 0) is 15.1 Å². The summed E-state index contributed by atoms with van der Waals surface area (Å²) in [4.78, 5) is 15.8.